The molecule has 0 aliphatic carbocycles. The number of hydrogen-bond donors (Lipinski definition) is 1. The van der Waals surface area contributed by atoms with Crippen molar-refractivity contribution in [3.63, 3.8) is 0 Å². The third-order valence-corrected chi connectivity index (χ3v) is 6.22. The van der Waals surface area contributed by atoms with Crippen LogP contribution in [0.4, 0.5) is 0 Å². The van der Waals surface area contributed by atoms with Crippen LogP contribution in [-0.4, -0.2) is 35.5 Å². The van der Waals surface area contributed by atoms with E-state index < -0.39 is 0 Å². The standard InChI is InChI=1S/C22H24Cl2N2O2/c23-16-3-1-15(2-4-16)13-26-19-7-8-20(26)12-18(11-19)25-22(27)14-28-21-9-5-17(24)6-10-21/h1-6,9-10,18-20H,7-8,11-14H2,(H,25,27)/t18-,19+,20-. The summed E-state index contributed by atoms with van der Waals surface area (Å²) in [6.45, 7) is 0.981. The van der Waals surface area contributed by atoms with Crippen molar-refractivity contribution in [2.45, 2.75) is 50.4 Å². The van der Waals surface area contributed by atoms with E-state index >= 15 is 0 Å². The van der Waals surface area contributed by atoms with Gasteiger partial charge in [-0.15, -0.1) is 0 Å². The first-order valence-electron chi connectivity index (χ1n) is 9.75. The summed E-state index contributed by atoms with van der Waals surface area (Å²) in [7, 11) is 0. The molecular weight excluding hydrogens is 395 g/mol. The minimum atomic E-state index is -0.0644. The van der Waals surface area contributed by atoms with Crippen LogP contribution in [0.1, 0.15) is 31.2 Å². The molecule has 0 unspecified atom stereocenters. The number of ether oxygens (including phenoxy) is 1. The van der Waals surface area contributed by atoms with Crippen molar-refractivity contribution >= 4 is 29.1 Å². The van der Waals surface area contributed by atoms with Crippen LogP contribution in [0.3, 0.4) is 0 Å². The van der Waals surface area contributed by atoms with Crippen molar-refractivity contribution < 1.29 is 9.53 Å². The molecule has 1 N–H and O–H groups in total. The normalized spacial score (nSPS) is 24.1. The molecule has 3 atom stereocenters. The molecule has 2 fully saturated rings. The summed E-state index contributed by atoms with van der Waals surface area (Å²) in [6, 6.07) is 16.4. The van der Waals surface area contributed by atoms with Crippen molar-refractivity contribution in [1.82, 2.24) is 10.2 Å². The number of carbonyl (C=O) groups excluding carboxylic acids is 1. The lowest BCUT2D eigenvalue weighted by Crippen LogP contribution is -2.50. The lowest BCUT2D eigenvalue weighted by molar-refractivity contribution is -0.124. The maximum absolute atomic E-state index is 12.3. The number of carbonyl (C=O) groups is 1. The molecular formula is C22H24Cl2N2O2. The highest BCUT2D eigenvalue weighted by Gasteiger charge is 2.40. The predicted octanol–water partition coefficient (Wildman–Crippen LogP) is 4.68. The fraction of sp³-hybridized carbons (Fsp3) is 0.409. The van der Waals surface area contributed by atoms with E-state index in [2.05, 4.69) is 22.3 Å². The van der Waals surface area contributed by atoms with Crippen molar-refractivity contribution in [3.05, 3.63) is 64.1 Å². The molecule has 4 rings (SSSR count). The number of piperidine rings is 1. The van der Waals surface area contributed by atoms with Gasteiger partial charge in [0, 0.05) is 34.7 Å². The summed E-state index contributed by atoms with van der Waals surface area (Å²) in [5.74, 6) is 0.586. The predicted molar refractivity (Wildman–Crippen MR) is 112 cm³/mol. The number of fused-ring (bicyclic) bond motifs is 2. The van der Waals surface area contributed by atoms with Crippen LogP contribution in [0.25, 0.3) is 0 Å². The van der Waals surface area contributed by atoms with Gasteiger partial charge in [-0.2, -0.15) is 0 Å². The smallest absolute Gasteiger partial charge is 0.258 e. The van der Waals surface area contributed by atoms with Gasteiger partial charge in [-0.3, -0.25) is 9.69 Å². The molecule has 2 saturated heterocycles. The third-order valence-electron chi connectivity index (χ3n) is 5.71. The van der Waals surface area contributed by atoms with Crippen molar-refractivity contribution in [3.8, 4) is 5.75 Å². The molecule has 0 aromatic heterocycles. The fourth-order valence-electron chi connectivity index (χ4n) is 4.40. The molecule has 28 heavy (non-hydrogen) atoms. The minimum Gasteiger partial charge on any atom is -0.484 e. The van der Waals surface area contributed by atoms with Crippen molar-refractivity contribution in [1.29, 1.82) is 0 Å². The van der Waals surface area contributed by atoms with Gasteiger partial charge in [0.15, 0.2) is 6.61 Å². The Hall–Kier alpha value is -1.75. The molecule has 2 aromatic rings. The summed E-state index contributed by atoms with van der Waals surface area (Å²) in [6.07, 6.45) is 4.39. The summed E-state index contributed by atoms with van der Waals surface area (Å²) < 4.78 is 5.55. The average Bonchev–Trinajstić information content (AvgIpc) is 2.91. The molecule has 4 nitrogen and oxygen atoms in total. The van der Waals surface area contributed by atoms with Gasteiger partial charge in [0.25, 0.3) is 5.91 Å². The molecule has 0 saturated carbocycles. The number of amides is 1. The topological polar surface area (TPSA) is 41.6 Å². The highest BCUT2D eigenvalue weighted by Crippen LogP contribution is 2.37. The van der Waals surface area contributed by atoms with Crippen LogP contribution in [0.2, 0.25) is 10.0 Å². The first kappa shape index (κ1) is 19.6. The van der Waals surface area contributed by atoms with Gasteiger partial charge in [-0.25, -0.2) is 0 Å². The van der Waals surface area contributed by atoms with E-state index in [1.54, 1.807) is 24.3 Å². The Morgan fingerprint density at radius 1 is 0.964 bits per heavy atom. The maximum atomic E-state index is 12.3. The van der Waals surface area contributed by atoms with E-state index in [4.69, 9.17) is 27.9 Å². The Morgan fingerprint density at radius 3 is 2.14 bits per heavy atom. The second kappa shape index (κ2) is 8.73. The lowest BCUT2D eigenvalue weighted by atomic mass is 9.96. The SMILES string of the molecule is O=C(COc1ccc(Cl)cc1)N[C@H]1C[C@H]2CC[C@@H](C1)N2Cc1ccc(Cl)cc1. The second-order valence-electron chi connectivity index (χ2n) is 7.66. The van der Waals surface area contributed by atoms with Gasteiger partial charge in [-0.05, 0) is 67.6 Å². The fourth-order valence-corrected chi connectivity index (χ4v) is 4.65. The van der Waals surface area contributed by atoms with E-state index in [-0.39, 0.29) is 18.6 Å². The number of hydrogen-bond acceptors (Lipinski definition) is 3. The van der Waals surface area contributed by atoms with E-state index in [0.717, 1.165) is 24.4 Å². The molecule has 2 aliphatic heterocycles. The second-order valence-corrected chi connectivity index (χ2v) is 8.54. The summed E-state index contributed by atoms with van der Waals surface area (Å²) >= 11 is 11.9. The first-order valence-corrected chi connectivity index (χ1v) is 10.5. The van der Waals surface area contributed by atoms with Crippen LogP contribution >= 0.6 is 23.2 Å². The highest BCUT2D eigenvalue weighted by atomic mass is 35.5. The molecule has 2 aliphatic rings. The third kappa shape index (κ3) is 4.80. The van der Waals surface area contributed by atoms with Gasteiger partial charge in [0.05, 0.1) is 0 Å². The number of rotatable bonds is 6. The molecule has 2 heterocycles. The number of benzene rings is 2. The van der Waals surface area contributed by atoms with Gasteiger partial charge >= 0.3 is 0 Å². The largest absolute Gasteiger partial charge is 0.484 e. The number of halogens is 2. The van der Waals surface area contributed by atoms with E-state index in [1.165, 1.54) is 18.4 Å². The zero-order valence-electron chi connectivity index (χ0n) is 15.6. The lowest BCUT2D eigenvalue weighted by Gasteiger charge is -2.39. The van der Waals surface area contributed by atoms with Gasteiger partial charge in [0.2, 0.25) is 0 Å². The monoisotopic (exact) mass is 418 g/mol. The van der Waals surface area contributed by atoms with Crippen LogP contribution in [0.5, 0.6) is 5.75 Å². The molecule has 0 radical (unpaired) electrons. The van der Waals surface area contributed by atoms with Gasteiger partial charge < -0.3 is 10.1 Å². The Balaban J connectivity index is 1.27. The van der Waals surface area contributed by atoms with Crippen LogP contribution in [0.15, 0.2) is 48.5 Å². The molecule has 6 heteroatoms. The van der Waals surface area contributed by atoms with Crippen LogP contribution < -0.4 is 10.1 Å². The number of nitrogens with one attached hydrogen (secondary N) is 1. The van der Waals surface area contributed by atoms with Gasteiger partial charge in [0.1, 0.15) is 5.75 Å². The zero-order valence-corrected chi connectivity index (χ0v) is 17.1. The summed E-state index contributed by atoms with van der Waals surface area (Å²) in [5, 5.41) is 4.58. The molecule has 0 spiro atoms. The maximum Gasteiger partial charge on any atom is 0.258 e. The average molecular weight is 419 g/mol. The minimum absolute atomic E-state index is 0.0297. The van der Waals surface area contributed by atoms with E-state index in [0.29, 0.717) is 22.9 Å². The van der Waals surface area contributed by atoms with E-state index in [9.17, 15) is 4.79 Å². The molecule has 148 valence electrons. The first-order chi connectivity index (χ1) is 13.6. The van der Waals surface area contributed by atoms with Crippen LogP contribution in [-0.2, 0) is 11.3 Å². The Morgan fingerprint density at radius 2 is 1.54 bits per heavy atom. The number of nitrogens with zero attached hydrogens (tertiary/aromatic N) is 1. The molecule has 2 aromatic carbocycles. The van der Waals surface area contributed by atoms with Gasteiger partial charge in [-0.1, -0.05) is 35.3 Å². The Bertz CT molecular complexity index is 796. The Kier molecular flexibility index (Phi) is 6.10. The van der Waals surface area contributed by atoms with E-state index in [1.807, 2.05) is 12.1 Å². The van der Waals surface area contributed by atoms with Crippen molar-refractivity contribution in [2.24, 2.45) is 0 Å². The molecule has 1 amide bonds. The summed E-state index contributed by atoms with van der Waals surface area (Å²) in [4.78, 5) is 14.9. The zero-order chi connectivity index (χ0) is 19.5. The van der Waals surface area contributed by atoms with Crippen LogP contribution in [0, 0.1) is 0 Å². The Labute approximate surface area is 175 Å². The van der Waals surface area contributed by atoms with Crippen molar-refractivity contribution in [2.75, 3.05) is 6.61 Å². The highest BCUT2D eigenvalue weighted by molar-refractivity contribution is 6.30. The molecule has 2 bridgehead atoms. The summed E-state index contributed by atoms with van der Waals surface area (Å²) in [5.41, 5.74) is 1.29. The quantitative estimate of drug-likeness (QED) is 0.739.